The second-order valence-corrected chi connectivity index (χ2v) is 5.86. The second-order valence-electron chi connectivity index (χ2n) is 5.45. The molecule has 23 heavy (non-hydrogen) atoms. The average Bonchev–Trinajstić information content (AvgIpc) is 2.49. The molecule has 0 heterocycles. The highest BCUT2D eigenvalue weighted by atomic mass is 35.5. The Morgan fingerprint density at radius 3 is 2.52 bits per heavy atom. The minimum atomic E-state index is -0.369. The van der Waals surface area contributed by atoms with Crippen LogP contribution in [0.4, 0.5) is 5.69 Å². The van der Waals surface area contributed by atoms with Crippen molar-refractivity contribution in [3.63, 3.8) is 0 Å². The molecule has 0 radical (unpaired) electrons. The van der Waals surface area contributed by atoms with Crippen molar-refractivity contribution in [2.45, 2.75) is 26.8 Å². The molecule has 2 rings (SSSR count). The molecule has 0 saturated heterocycles. The molecule has 0 aliphatic rings. The van der Waals surface area contributed by atoms with E-state index < -0.39 is 0 Å². The Balaban J connectivity index is 1.82. The van der Waals surface area contributed by atoms with Crippen LogP contribution in [0, 0.1) is 13.8 Å². The van der Waals surface area contributed by atoms with E-state index in [1.54, 1.807) is 12.1 Å². The number of carbonyl (C=O) groups excluding carboxylic acids is 2. The molecule has 2 aromatic carbocycles. The highest BCUT2D eigenvalue weighted by Gasteiger charge is 2.10. The van der Waals surface area contributed by atoms with Crippen molar-refractivity contribution in [2.24, 2.45) is 0 Å². The zero-order valence-electron chi connectivity index (χ0n) is 13.2. The van der Waals surface area contributed by atoms with Crippen LogP contribution in [0.15, 0.2) is 42.5 Å². The number of amides is 2. The predicted molar refractivity (Wildman–Crippen MR) is 92.5 cm³/mol. The first-order chi connectivity index (χ1) is 10.9. The zero-order chi connectivity index (χ0) is 16.8. The molecule has 0 spiro atoms. The van der Waals surface area contributed by atoms with Crippen LogP contribution in [0.25, 0.3) is 0 Å². The average molecular weight is 331 g/mol. The Hall–Kier alpha value is -2.33. The van der Waals surface area contributed by atoms with E-state index >= 15 is 0 Å². The lowest BCUT2D eigenvalue weighted by Gasteiger charge is -2.08. The fourth-order valence-corrected chi connectivity index (χ4v) is 2.29. The van der Waals surface area contributed by atoms with Crippen LogP contribution in [0.5, 0.6) is 0 Å². The molecule has 0 atom stereocenters. The van der Waals surface area contributed by atoms with Crippen molar-refractivity contribution in [2.75, 3.05) is 5.32 Å². The van der Waals surface area contributed by atoms with Crippen molar-refractivity contribution in [3.8, 4) is 0 Å². The Bertz CT molecular complexity index is 729. The third kappa shape index (κ3) is 5.42. The first-order valence-electron chi connectivity index (χ1n) is 7.32. The summed E-state index contributed by atoms with van der Waals surface area (Å²) in [6.45, 7) is 4.28. The second kappa shape index (κ2) is 7.79. The summed E-state index contributed by atoms with van der Waals surface area (Å²) >= 11 is 6.00. The van der Waals surface area contributed by atoms with E-state index in [1.807, 2.05) is 44.2 Å². The maximum Gasteiger partial charge on any atom is 0.233 e. The molecule has 2 N–H and O–H groups in total. The molecule has 0 bridgehead atoms. The Labute approximate surface area is 140 Å². The van der Waals surface area contributed by atoms with E-state index in [1.165, 1.54) is 0 Å². The summed E-state index contributed by atoms with van der Waals surface area (Å²) in [5.41, 5.74) is 3.65. The van der Waals surface area contributed by atoms with E-state index in [9.17, 15) is 9.59 Å². The predicted octanol–water partition coefficient (Wildman–Crippen LogP) is 3.60. The maximum atomic E-state index is 11.9. The normalized spacial score (nSPS) is 10.2. The first-order valence-corrected chi connectivity index (χ1v) is 7.70. The summed E-state index contributed by atoms with van der Waals surface area (Å²) in [4.78, 5) is 23.7. The lowest BCUT2D eigenvalue weighted by atomic mass is 10.1. The number of nitrogens with one attached hydrogen (secondary N) is 2. The van der Waals surface area contributed by atoms with E-state index in [4.69, 9.17) is 11.6 Å². The smallest absolute Gasteiger partial charge is 0.233 e. The van der Waals surface area contributed by atoms with E-state index in [0.29, 0.717) is 17.3 Å². The molecule has 2 aromatic rings. The summed E-state index contributed by atoms with van der Waals surface area (Å²) in [6, 6.07) is 13.1. The Kier molecular flexibility index (Phi) is 5.77. The van der Waals surface area contributed by atoms with Crippen molar-refractivity contribution in [1.29, 1.82) is 0 Å². The number of hydrogen-bond acceptors (Lipinski definition) is 2. The summed E-state index contributed by atoms with van der Waals surface area (Å²) in [7, 11) is 0. The monoisotopic (exact) mass is 330 g/mol. The number of carbonyl (C=O) groups is 2. The van der Waals surface area contributed by atoms with Gasteiger partial charge in [0.05, 0.1) is 0 Å². The van der Waals surface area contributed by atoms with Crippen molar-refractivity contribution < 1.29 is 9.59 Å². The van der Waals surface area contributed by atoms with Gasteiger partial charge in [-0.05, 0) is 37.1 Å². The largest absolute Gasteiger partial charge is 0.352 e. The molecule has 0 aliphatic carbocycles. The van der Waals surface area contributed by atoms with Gasteiger partial charge >= 0.3 is 0 Å². The fraction of sp³-hybridized carbons (Fsp3) is 0.222. The van der Waals surface area contributed by atoms with Crippen LogP contribution in [-0.4, -0.2) is 11.8 Å². The number of benzene rings is 2. The van der Waals surface area contributed by atoms with E-state index in [-0.39, 0.29) is 18.2 Å². The van der Waals surface area contributed by atoms with Gasteiger partial charge in [-0.15, -0.1) is 0 Å². The third-order valence-electron chi connectivity index (χ3n) is 3.35. The number of anilines is 1. The Morgan fingerprint density at radius 2 is 1.83 bits per heavy atom. The van der Waals surface area contributed by atoms with Crippen molar-refractivity contribution >= 4 is 29.1 Å². The summed E-state index contributed by atoms with van der Waals surface area (Å²) in [6.07, 6.45) is -0.225. The van der Waals surface area contributed by atoms with Crippen LogP contribution >= 0.6 is 11.6 Å². The zero-order valence-corrected chi connectivity index (χ0v) is 13.9. The topological polar surface area (TPSA) is 58.2 Å². The van der Waals surface area contributed by atoms with Gasteiger partial charge in [-0.1, -0.05) is 47.5 Å². The molecular weight excluding hydrogens is 312 g/mol. The van der Waals surface area contributed by atoms with Crippen LogP contribution in [0.3, 0.4) is 0 Å². The van der Waals surface area contributed by atoms with Crippen LogP contribution in [0.2, 0.25) is 5.02 Å². The highest BCUT2D eigenvalue weighted by molar-refractivity contribution is 6.31. The minimum Gasteiger partial charge on any atom is -0.352 e. The van der Waals surface area contributed by atoms with Gasteiger partial charge in [0.25, 0.3) is 0 Å². The van der Waals surface area contributed by atoms with E-state index in [2.05, 4.69) is 10.6 Å². The number of hydrogen-bond donors (Lipinski definition) is 2. The quantitative estimate of drug-likeness (QED) is 0.823. The van der Waals surface area contributed by atoms with Gasteiger partial charge in [0.15, 0.2) is 0 Å². The summed E-state index contributed by atoms with van der Waals surface area (Å²) in [5.74, 6) is -0.686. The number of halogens is 1. The van der Waals surface area contributed by atoms with Gasteiger partial charge in [-0.25, -0.2) is 0 Å². The third-order valence-corrected chi connectivity index (χ3v) is 3.76. The molecule has 4 nitrogen and oxygen atoms in total. The molecule has 0 unspecified atom stereocenters. The molecular formula is C18H19ClN2O2. The van der Waals surface area contributed by atoms with Crippen LogP contribution in [0.1, 0.15) is 23.1 Å². The Morgan fingerprint density at radius 1 is 1.04 bits per heavy atom. The number of aryl methyl sites for hydroxylation is 2. The van der Waals surface area contributed by atoms with Gasteiger partial charge < -0.3 is 10.6 Å². The first kappa shape index (κ1) is 17.0. The van der Waals surface area contributed by atoms with Crippen LogP contribution < -0.4 is 10.6 Å². The number of rotatable bonds is 5. The molecule has 5 heteroatoms. The fourth-order valence-electron chi connectivity index (χ4n) is 2.11. The highest BCUT2D eigenvalue weighted by Crippen LogP contribution is 2.19. The molecule has 0 saturated carbocycles. The molecule has 0 aliphatic heterocycles. The lowest BCUT2D eigenvalue weighted by molar-refractivity contribution is -0.126. The van der Waals surface area contributed by atoms with Gasteiger partial charge in [0.1, 0.15) is 6.42 Å². The van der Waals surface area contributed by atoms with Gasteiger partial charge in [-0.3, -0.25) is 9.59 Å². The van der Waals surface area contributed by atoms with Crippen molar-refractivity contribution in [1.82, 2.24) is 5.32 Å². The standard InChI is InChI=1S/C18H19ClN2O2/c1-12-4-3-5-14(8-12)11-20-17(22)10-18(23)21-15-7-6-13(2)16(19)9-15/h3-9H,10-11H2,1-2H3,(H,20,22)(H,21,23). The molecule has 0 fully saturated rings. The summed E-state index contributed by atoms with van der Waals surface area (Å²) < 4.78 is 0. The summed E-state index contributed by atoms with van der Waals surface area (Å²) in [5, 5.41) is 5.98. The van der Waals surface area contributed by atoms with E-state index in [0.717, 1.165) is 16.7 Å². The van der Waals surface area contributed by atoms with Gasteiger partial charge in [-0.2, -0.15) is 0 Å². The molecule has 120 valence electrons. The van der Waals surface area contributed by atoms with Gasteiger partial charge in [0.2, 0.25) is 11.8 Å². The molecule has 0 aromatic heterocycles. The van der Waals surface area contributed by atoms with Crippen molar-refractivity contribution in [3.05, 3.63) is 64.2 Å². The molecule has 2 amide bonds. The van der Waals surface area contributed by atoms with Crippen LogP contribution in [-0.2, 0) is 16.1 Å². The minimum absolute atomic E-state index is 0.225. The maximum absolute atomic E-state index is 11.9. The lowest BCUT2D eigenvalue weighted by Crippen LogP contribution is -2.27. The van der Waals surface area contributed by atoms with Gasteiger partial charge in [0, 0.05) is 17.3 Å². The SMILES string of the molecule is Cc1cccc(CNC(=O)CC(=O)Nc2ccc(C)c(Cl)c2)c1.